The van der Waals surface area contributed by atoms with Crippen LogP contribution in [0.25, 0.3) is 0 Å². The van der Waals surface area contributed by atoms with Gasteiger partial charge in [-0.1, -0.05) is 0 Å². The quantitative estimate of drug-likeness (QED) is 0.603. The Kier molecular flexibility index (Phi) is 3.91. The molecular weight excluding hydrogens is 162 g/mol. The molecule has 0 N–H and O–H groups in total. The standard InChI is InChI=1S/C11H21NO/c1-11(2,3)12-7-4-10-5-8-13-9-6-10/h7,10H,4-6,8-9H2,1-3H3/b12-7+. The molecule has 2 heteroatoms. The van der Waals surface area contributed by atoms with E-state index in [1.54, 1.807) is 0 Å². The van der Waals surface area contributed by atoms with Gasteiger partial charge in [-0.2, -0.15) is 0 Å². The Morgan fingerprint density at radius 2 is 1.92 bits per heavy atom. The minimum absolute atomic E-state index is 0.0885. The summed E-state index contributed by atoms with van der Waals surface area (Å²) in [4.78, 5) is 4.48. The molecule has 0 spiro atoms. The first kappa shape index (κ1) is 10.7. The van der Waals surface area contributed by atoms with Gasteiger partial charge in [0.25, 0.3) is 0 Å². The third kappa shape index (κ3) is 5.04. The fourth-order valence-corrected chi connectivity index (χ4v) is 1.46. The van der Waals surface area contributed by atoms with Gasteiger partial charge < -0.3 is 4.74 Å². The zero-order chi connectivity index (χ0) is 9.73. The Balaban J connectivity index is 2.21. The van der Waals surface area contributed by atoms with Crippen LogP contribution in [0.1, 0.15) is 40.0 Å². The summed E-state index contributed by atoms with van der Waals surface area (Å²) in [6.07, 6.45) is 5.63. The molecule has 13 heavy (non-hydrogen) atoms. The number of ether oxygens (including phenoxy) is 1. The van der Waals surface area contributed by atoms with Crippen LogP contribution in [0.3, 0.4) is 0 Å². The first-order chi connectivity index (χ1) is 6.08. The van der Waals surface area contributed by atoms with Crippen molar-refractivity contribution in [1.82, 2.24) is 0 Å². The molecule has 1 aliphatic heterocycles. The molecule has 0 aromatic rings. The van der Waals surface area contributed by atoms with E-state index >= 15 is 0 Å². The number of rotatable bonds is 2. The molecule has 1 fully saturated rings. The molecule has 0 bridgehead atoms. The summed E-state index contributed by atoms with van der Waals surface area (Å²) < 4.78 is 5.30. The van der Waals surface area contributed by atoms with Gasteiger partial charge in [0.2, 0.25) is 0 Å². The van der Waals surface area contributed by atoms with Gasteiger partial charge in [-0.25, -0.2) is 0 Å². The third-order valence-electron chi connectivity index (χ3n) is 2.26. The number of aliphatic imine (C=N–C) groups is 1. The molecule has 1 aliphatic rings. The lowest BCUT2D eigenvalue weighted by Gasteiger charge is -2.20. The summed E-state index contributed by atoms with van der Waals surface area (Å²) in [5.74, 6) is 0.805. The minimum atomic E-state index is 0.0885. The van der Waals surface area contributed by atoms with E-state index in [2.05, 4.69) is 32.0 Å². The van der Waals surface area contributed by atoms with E-state index in [4.69, 9.17) is 4.74 Å². The van der Waals surface area contributed by atoms with Crippen molar-refractivity contribution < 1.29 is 4.74 Å². The molecule has 1 saturated heterocycles. The van der Waals surface area contributed by atoms with E-state index in [9.17, 15) is 0 Å². The Morgan fingerprint density at radius 1 is 1.31 bits per heavy atom. The second-order valence-electron chi connectivity index (χ2n) is 4.77. The Bertz CT molecular complexity index is 163. The first-order valence-electron chi connectivity index (χ1n) is 5.19. The van der Waals surface area contributed by atoms with Crippen molar-refractivity contribution in [2.75, 3.05) is 13.2 Å². The van der Waals surface area contributed by atoms with Crippen LogP contribution < -0.4 is 0 Å². The summed E-state index contributed by atoms with van der Waals surface area (Å²) in [7, 11) is 0. The zero-order valence-electron chi connectivity index (χ0n) is 9.05. The second-order valence-corrected chi connectivity index (χ2v) is 4.77. The molecule has 0 aliphatic carbocycles. The van der Waals surface area contributed by atoms with Gasteiger partial charge in [0.1, 0.15) is 0 Å². The molecule has 0 aromatic carbocycles. The lowest BCUT2D eigenvalue weighted by Crippen LogP contribution is -2.17. The number of hydrogen-bond acceptors (Lipinski definition) is 2. The number of hydrogen-bond donors (Lipinski definition) is 0. The van der Waals surface area contributed by atoms with Crippen molar-refractivity contribution in [1.29, 1.82) is 0 Å². The summed E-state index contributed by atoms with van der Waals surface area (Å²) in [5, 5.41) is 0. The average molecular weight is 183 g/mol. The van der Waals surface area contributed by atoms with E-state index < -0.39 is 0 Å². The van der Waals surface area contributed by atoms with Crippen molar-refractivity contribution in [3.63, 3.8) is 0 Å². The molecule has 0 radical (unpaired) electrons. The molecule has 1 rings (SSSR count). The van der Waals surface area contributed by atoms with Gasteiger partial charge in [-0.3, -0.25) is 4.99 Å². The molecule has 76 valence electrons. The van der Waals surface area contributed by atoms with E-state index in [1.165, 1.54) is 12.8 Å². The predicted molar refractivity (Wildman–Crippen MR) is 56.4 cm³/mol. The third-order valence-corrected chi connectivity index (χ3v) is 2.26. The highest BCUT2D eigenvalue weighted by atomic mass is 16.5. The first-order valence-corrected chi connectivity index (χ1v) is 5.19. The van der Waals surface area contributed by atoms with Crippen LogP contribution in [0.15, 0.2) is 4.99 Å². The van der Waals surface area contributed by atoms with Crippen LogP contribution in [0.4, 0.5) is 0 Å². The van der Waals surface area contributed by atoms with Crippen LogP contribution in [-0.4, -0.2) is 25.0 Å². The Morgan fingerprint density at radius 3 is 2.46 bits per heavy atom. The molecule has 1 heterocycles. The summed E-state index contributed by atoms with van der Waals surface area (Å²) in [5.41, 5.74) is 0.0885. The van der Waals surface area contributed by atoms with Crippen molar-refractivity contribution in [3.05, 3.63) is 0 Å². The minimum Gasteiger partial charge on any atom is -0.381 e. The highest BCUT2D eigenvalue weighted by Gasteiger charge is 2.12. The smallest absolute Gasteiger partial charge is 0.0520 e. The van der Waals surface area contributed by atoms with Crippen LogP contribution in [0, 0.1) is 5.92 Å². The molecule has 2 nitrogen and oxygen atoms in total. The highest BCUT2D eigenvalue weighted by molar-refractivity contribution is 5.58. The highest BCUT2D eigenvalue weighted by Crippen LogP contribution is 2.17. The van der Waals surface area contributed by atoms with Crippen LogP contribution >= 0.6 is 0 Å². The predicted octanol–water partition coefficient (Wildman–Crippen LogP) is 2.67. The van der Waals surface area contributed by atoms with Crippen molar-refractivity contribution in [3.8, 4) is 0 Å². The Hall–Kier alpha value is -0.370. The largest absolute Gasteiger partial charge is 0.381 e. The monoisotopic (exact) mass is 183 g/mol. The maximum absolute atomic E-state index is 5.30. The fourth-order valence-electron chi connectivity index (χ4n) is 1.46. The molecule has 0 unspecified atom stereocenters. The SMILES string of the molecule is CC(C)(C)/N=C/CC1CCOCC1. The zero-order valence-corrected chi connectivity index (χ0v) is 9.05. The molecule has 0 aromatic heterocycles. The lowest BCUT2D eigenvalue weighted by atomic mass is 9.97. The molecule has 0 amide bonds. The summed E-state index contributed by atoms with van der Waals surface area (Å²) in [6.45, 7) is 8.27. The molecular formula is C11H21NO. The van der Waals surface area contributed by atoms with Crippen LogP contribution in [0.2, 0.25) is 0 Å². The second kappa shape index (κ2) is 4.75. The van der Waals surface area contributed by atoms with E-state index in [0.717, 1.165) is 25.6 Å². The average Bonchev–Trinajstić information content (AvgIpc) is 2.04. The van der Waals surface area contributed by atoms with E-state index in [-0.39, 0.29) is 5.54 Å². The fraction of sp³-hybridized carbons (Fsp3) is 0.909. The van der Waals surface area contributed by atoms with Gasteiger partial charge in [0, 0.05) is 13.2 Å². The maximum atomic E-state index is 5.30. The van der Waals surface area contributed by atoms with Gasteiger partial charge in [0.15, 0.2) is 0 Å². The summed E-state index contributed by atoms with van der Waals surface area (Å²) in [6, 6.07) is 0. The van der Waals surface area contributed by atoms with E-state index in [0.29, 0.717) is 0 Å². The van der Waals surface area contributed by atoms with Crippen LogP contribution in [-0.2, 0) is 4.74 Å². The van der Waals surface area contributed by atoms with Crippen molar-refractivity contribution in [2.45, 2.75) is 45.6 Å². The Labute approximate surface area is 81.4 Å². The topological polar surface area (TPSA) is 21.6 Å². The maximum Gasteiger partial charge on any atom is 0.0520 e. The molecule has 0 atom stereocenters. The molecule has 0 saturated carbocycles. The number of nitrogens with zero attached hydrogens (tertiary/aromatic N) is 1. The lowest BCUT2D eigenvalue weighted by molar-refractivity contribution is 0.0687. The van der Waals surface area contributed by atoms with E-state index in [1.807, 2.05) is 0 Å². The van der Waals surface area contributed by atoms with Gasteiger partial charge in [0.05, 0.1) is 5.54 Å². The van der Waals surface area contributed by atoms with Crippen molar-refractivity contribution >= 4 is 6.21 Å². The van der Waals surface area contributed by atoms with Gasteiger partial charge in [-0.05, 0) is 52.2 Å². The summed E-state index contributed by atoms with van der Waals surface area (Å²) >= 11 is 0. The van der Waals surface area contributed by atoms with Crippen LogP contribution in [0.5, 0.6) is 0 Å². The normalized spacial score (nSPS) is 21.2. The van der Waals surface area contributed by atoms with Crippen molar-refractivity contribution in [2.24, 2.45) is 10.9 Å². The van der Waals surface area contributed by atoms with Gasteiger partial charge in [-0.15, -0.1) is 0 Å². The van der Waals surface area contributed by atoms with Gasteiger partial charge >= 0.3 is 0 Å².